The lowest BCUT2D eigenvalue weighted by atomic mass is 9.93. The molecule has 364 valence electrons. The number of hydrogen-bond acceptors (Lipinski definition) is 4. The fourth-order valence-corrected chi connectivity index (χ4v) is 6.89. The van der Waals surface area contributed by atoms with Crippen LogP contribution < -0.4 is 18.9 Å². The molecule has 4 aromatic carbocycles. The Balaban J connectivity index is 1.06. The molecule has 0 unspecified atom stereocenters. The molecule has 0 N–H and O–H groups in total. The van der Waals surface area contributed by atoms with Crippen LogP contribution in [0.3, 0.4) is 0 Å². The van der Waals surface area contributed by atoms with Gasteiger partial charge in [0, 0.05) is 0 Å². The molecule has 4 nitrogen and oxygen atoms in total. The van der Waals surface area contributed by atoms with Crippen molar-refractivity contribution in [1.82, 2.24) is 0 Å². The molecule has 0 heterocycles. The monoisotopic (exact) mass is 952 g/mol. The summed E-state index contributed by atoms with van der Waals surface area (Å²) in [6.45, 7) is 4.16. The van der Waals surface area contributed by atoms with Crippen molar-refractivity contribution in [2.24, 2.45) is 5.92 Å². The van der Waals surface area contributed by atoms with E-state index in [0.29, 0.717) is 77.0 Å². The summed E-state index contributed by atoms with van der Waals surface area (Å²) in [5.41, 5.74) is -1.44. The molecule has 0 spiro atoms. The van der Waals surface area contributed by atoms with E-state index < -0.39 is 58.6 Å². The van der Waals surface area contributed by atoms with E-state index in [1.807, 2.05) is 0 Å². The summed E-state index contributed by atoms with van der Waals surface area (Å²) >= 11 is 0. The molecule has 0 atom stereocenters. The van der Waals surface area contributed by atoms with Gasteiger partial charge in [-0.1, -0.05) is 102 Å². The van der Waals surface area contributed by atoms with Crippen molar-refractivity contribution < 1.29 is 67.2 Å². The van der Waals surface area contributed by atoms with Crippen LogP contribution in [0.15, 0.2) is 48.5 Å². The van der Waals surface area contributed by atoms with E-state index >= 15 is 0 Å². The Morgan fingerprint density at radius 1 is 0.358 bits per heavy atom. The number of benzene rings is 4. The van der Waals surface area contributed by atoms with Crippen molar-refractivity contribution in [3.8, 4) is 46.7 Å². The molecule has 4 rings (SSSR count). The van der Waals surface area contributed by atoms with Gasteiger partial charge in [-0.15, -0.1) is 0 Å². The summed E-state index contributed by atoms with van der Waals surface area (Å²) in [4.78, 5) is 0. The quantitative estimate of drug-likeness (QED) is 0.0357. The maximum Gasteiger partial charge on any atom is 0.391 e. The third-order valence-corrected chi connectivity index (χ3v) is 10.6. The average molecular weight is 953 g/mol. The first-order chi connectivity index (χ1) is 32.2. The second kappa shape index (κ2) is 27.9. The van der Waals surface area contributed by atoms with Crippen molar-refractivity contribution in [3.63, 3.8) is 0 Å². The second-order valence-corrected chi connectivity index (χ2v) is 15.9. The number of alkyl halides is 3. The maximum absolute atomic E-state index is 14.7. The first-order valence-electron chi connectivity index (χ1n) is 22.7. The predicted molar refractivity (Wildman–Crippen MR) is 234 cm³/mol. The van der Waals surface area contributed by atoms with Gasteiger partial charge in [-0.3, -0.25) is 0 Å². The van der Waals surface area contributed by atoms with E-state index in [1.165, 1.54) is 48.5 Å². The Labute approximate surface area is 385 Å². The van der Waals surface area contributed by atoms with E-state index in [-0.39, 0.29) is 84.5 Å². The van der Waals surface area contributed by atoms with Gasteiger partial charge in [0.05, 0.1) is 54.6 Å². The SMILES string of the molecule is CCCOc1ccc(C#Cc2ccc(OCCCCCCCCC(CCCCCCCCOc3ccc(C#Cc4ccc(OCCC)c(F)c4F)c(F)c3F)C(F)(F)F)c(F)c2F)c(F)c1F. The second-order valence-electron chi connectivity index (χ2n) is 15.9. The van der Waals surface area contributed by atoms with Crippen LogP contribution in [0, 0.1) is 76.1 Å². The maximum atomic E-state index is 14.7. The summed E-state index contributed by atoms with van der Waals surface area (Å²) in [7, 11) is 0. The Hall–Kier alpha value is -5.57. The molecule has 4 aromatic rings. The third-order valence-electron chi connectivity index (χ3n) is 10.6. The number of unbranched alkanes of at least 4 members (excludes halogenated alkanes) is 10. The molecule has 0 aliphatic rings. The highest BCUT2D eigenvalue weighted by atomic mass is 19.4. The van der Waals surface area contributed by atoms with Gasteiger partial charge in [0.1, 0.15) is 0 Å². The van der Waals surface area contributed by atoms with Crippen LogP contribution in [0.1, 0.15) is 139 Å². The fraction of sp³-hybridized carbons (Fsp3) is 0.462. The summed E-state index contributed by atoms with van der Waals surface area (Å²) in [5.74, 6) is -3.46. The largest absolute Gasteiger partial charge is 0.490 e. The summed E-state index contributed by atoms with van der Waals surface area (Å²) in [5, 5.41) is 0. The van der Waals surface area contributed by atoms with Crippen molar-refractivity contribution in [2.75, 3.05) is 26.4 Å². The average Bonchev–Trinajstić information content (AvgIpc) is 3.30. The van der Waals surface area contributed by atoms with E-state index in [0.717, 1.165) is 12.8 Å². The molecular formula is C52H55F11O4. The third kappa shape index (κ3) is 16.9. The minimum Gasteiger partial charge on any atom is -0.490 e. The molecule has 0 aromatic heterocycles. The first-order valence-corrected chi connectivity index (χ1v) is 22.7. The zero-order valence-electron chi connectivity index (χ0n) is 37.6. The number of ether oxygens (including phenoxy) is 4. The zero-order valence-corrected chi connectivity index (χ0v) is 37.6. The number of rotatable bonds is 26. The zero-order chi connectivity index (χ0) is 48.8. The van der Waals surface area contributed by atoms with Gasteiger partial charge in [-0.25, -0.2) is 17.6 Å². The highest BCUT2D eigenvalue weighted by Gasteiger charge is 2.38. The minimum atomic E-state index is -4.30. The first kappa shape index (κ1) is 54.0. The van der Waals surface area contributed by atoms with Gasteiger partial charge in [0.2, 0.25) is 23.3 Å². The van der Waals surface area contributed by atoms with Crippen molar-refractivity contribution in [2.45, 2.75) is 123 Å². The van der Waals surface area contributed by atoms with Crippen LogP contribution in [0.4, 0.5) is 48.3 Å². The minimum absolute atomic E-state index is 0.0351. The van der Waals surface area contributed by atoms with Crippen LogP contribution in [0.2, 0.25) is 0 Å². The van der Waals surface area contributed by atoms with Crippen LogP contribution >= 0.6 is 0 Å². The molecule has 0 aliphatic heterocycles. The van der Waals surface area contributed by atoms with E-state index in [1.54, 1.807) is 13.8 Å². The Kier molecular flexibility index (Phi) is 22.5. The van der Waals surface area contributed by atoms with Crippen LogP contribution in [-0.4, -0.2) is 32.6 Å². The molecular weight excluding hydrogens is 898 g/mol. The highest BCUT2D eigenvalue weighted by molar-refractivity contribution is 5.49. The standard InChI is InChI=1S/C52H55F11O4/c1-3-31-64-40-27-23-35(44(53)48(40)57)19-21-37-25-29-42(50(59)46(37)55)66-33-15-11-7-5-9-13-17-39(52(61,62)63)18-14-10-6-8-12-16-34-67-43-30-26-38(47(56)51(43)60)22-20-36-24-28-41(65-32-4-2)49(58)45(36)54/h23-30,39H,3-18,31-34H2,1-2H3. The van der Waals surface area contributed by atoms with Gasteiger partial charge in [0.15, 0.2) is 46.3 Å². The van der Waals surface area contributed by atoms with Gasteiger partial charge >= 0.3 is 6.18 Å². The molecule has 0 aliphatic carbocycles. The van der Waals surface area contributed by atoms with Crippen molar-refractivity contribution >= 4 is 0 Å². The lowest BCUT2D eigenvalue weighted by Gasteiger charge is -2.20. The molecule has 0 radical (unpaired) electrons. The molecule has 0 amide bonds. The van der Waals surface area contributed by atoms with Crippen LogP contribution in [-0.2, 0) is 0 Å². The summed E-state index contributed by atoms with van der Waals surface area (Å²) in [6, 6.07) is 9.52. The van der Waals surface area contributed by atoms with E-state index in [2.05, 4.69) is 23.7 Å². The fourth-order valence-electron chi connectivity index (χ4n) is 6.89. The molecule has 0 fully saturated rings. The lowest BCUT2D eigenvalue weighted by molar-refractivity contribution is -0.178. The highest BCUT2D eigenvalue weighted by Crippen LogP contribution is 2.35. The Morgan fingerprint density at radius 3 is 0.881 bits per heavy atom. The van der Waals surface area contributed by atoms with E-state index in [9.17, 15) is 48.3 Å². The van der Waals surface area contributed by atoms with Crippen LogP contribution in [0.25, 0.3) is 0 Å². The van der Waals surface area contributed by atoms with Gasteiger partial charge in [0.25, 0.3) is 0 Å². The number of halogens is 11. The van der Waals surface area contributed by atoms with Gasteiger partial charge in [-0.2, -0.15) is 30.7 Å². The Morgan fingerprint density at radius 2 is 0.612 bits per heavy atom. The topological polar surface area (TPSA) is 36.9 Å². The van der Waals surface area contributed by atoms with E-state index in [4.69, 9.17) is 18.9 Å². The molecule has 67 heavy (non-hydrogen) atoms. The summed E-state index contributed by atoms with van der Waals surface area (Å²) in [6.07, 6.45) is 4.28. The molecule has 0 bridgehead atoms. The van der Waals surface area contributed by atoms with Crippen molar-refractivity contribution in [3.05, 3.63) is 117 Å². The summed E-state index contributed by atoms with van der Waals surface area (Å²) < 4.78 is 178. The van der Waals surface area contributed by atoms with Gasteiger partial charge < -0.3 is 18.9 Å². The molecule has 0 saturated heterocycles. The van der Waals surface area contributed by atoms with Gasteiger partial charge in [-0.05, 0) is 87.1 Å². The lowest BCUT2D eigenvalue weighted by Crippen LogP contribution is -2.22. The molecule has 0 saturated carbocycles. The number of hydrogen-bond donors (Lipinski definition) is 0. The predicted octanol–water partition coefficient (Wildman–Crippen LogP) is 15.3. The normalized spacial score (nSPS) is 11.3. The smallest absolute Gasteiger partial charge is 0.391 e. The van der Waals surface area contributed by atoms with Crippen molar-refractivity contribution in [1.29, 1.82) is 0 Å². The molecule has 15 heteroatoms. The Bertz CT molecular complexity index is 2170. The van der Waals surface area contributed by atoms with Crippen LogP contribution in [0.5, 0.6) is 23.0 Å².